The molecular weight excluding hydrogens is 386 g/mol. The first-order chi connectivity index (χ1) is 9.38. The summed E-state index contributed by atoms with van der Waals surface area (Å²) < 4.78 is 39.1. The molecule has 0 radical (unpaired) electrons. The molecule has 9 heteroatoms. The van der Waals surface area contributed by atoms with E-state index in [1.165, 1.54) is 0 Å². The van der Waals surface area contributed by atoms with Gasteiger partial charge >= 0.3 is 6.18 Å². The molecule has 20 heavy (non-hydrogen) atoms. The van der Waals surface area contributed by atoms with Gasteiger partial charge in [-0.05, 0) is 46.9 Å². The van der Waals surface area contributed by atoms with E-state index in [0.717, 1.165) is 9.64 Å². The maximum atomic E-state index is 12.7. The van der Waals surface area contributed by atoms with Gasteiger partial charge in [-0.3, -0.25) is 5.43 Å². The van der Waals surface area contributed by atoms with Crippen LogP contribution in [-0.4, -0.2) is 9.97 Å². The Labute approximate surface area is 125 Å². The summed E-state index contributed by atoms with van der Waals surface area (Å²) >= 11 is 2.13. The van der Waals surface area contributed by atoms with Gasteiger partial charge in [0.25, 0.3) is 0 Å². The lowest BCUT2D eigenvalue weighted by Gasteiger charge is -2.11. The number of hydrogen-bond donors (Lipinski definition) is 3. The second kappa shape index (κ2) is 5.79. The quantitative estimate of drug-likeness (QED) is 0.423. The number of hydrogen-bond acceptors (Lipinski definition) is 5. The average Bonchev–Trinajstić information content (AvgIpc) is 2.40. The van der Waals surface area contributed by atoms with Crippen LogP contribution in [0.25, 0.3) is 0 Å². The molecule has 0 aliphatic heterocycles. The van der Waals surface area contributed by atoms with Crippen LogP contribution >= 0.6 is 22.6 Å². The van der Waals surface area contributed by atoms with E-state index in [2.05, 4.69) is 37.9 Å². The lowest BCUT2D eigenvalue weighted by molar-refractivity contribution is -0.141. The fourth-order valence-corrected chi connectivity index (χ4v) is 1.76. The van der Waals surface area contributed by atoms with E-state index in [9.17, 15) is 13.2 Å². The van der Waals surface area contributed by atoms with Gasteiger partial charge < -0.3 is 5.32 Å². The van der Waals surface area contributed by atoms with Crippen molar-refractivity contribution in [2.24, 2.45) is 5.84 Å². The van der Waals surface area contributed by atoms with Crippen LogP contribution in [0.1, 0.15) is 5.69 Å². The molecule has 1 aromatic carbocycles. The van der Waals surface area contributed by atoms with Crippen molar-refractivity contribution in [3.05, 3.63) is 39.6 Å². The number of alkyl halides is 3. The van der Waals surface area contributed by atoms with Gasteiger partial charge in [0.15, 0.2) is 5.69 Å². The zero-order chi connectivity index (χ0) is 14.8. The maximum Gasteiger partial charge on any atom is 0.433 e. The zero-order valence-electron chi connectivity index (χ0n) is 9.87. The van der Waals surface area contributed by atoms with Crippen molar-refractivity contribution >= 4 is 40.0 Å². The third kappa shape index (κ3) is 3.70. The number of hydrazine groups is 1. The molecule has 0 atom stereocenters. The molecule has 4 N–H and O–H groups in total. The number of nitrogens with two attached hydrogens (primary N) is 1. The van der Waals surface area contributed by atoms with Crippen molar-refractivity contribution in [1.82, 2.24) is 9.97 Å². The van der Waals surface area contributed by atoms with Gasteiger partial charge in [-0.25, -0.2) is 10.8 Å². The highest BCUT2D eigenvalue weighted by Gasteiger charge is 2.33. The Morgan fingerprint density at radius 2 is 1.75 bits per heavy atom. The Morgan fingerprint density at radius 1 is 1.10 bits per heavy atom. The number of nitrogen functional groups attached to an aromatic ring is 1. The molecular formula is C11H9F3IN5. The summed E-state index contributed by atoms with van der Waals surface area (Å²) in [6, 6.07) is 7.91. The lowest BCUT2D eigenvalue weighted by Crippen LogP contribution is -2.16. The number of anilines is 3. The predicted octanol–water partition coefficient (Wildman–Crippen LogP) is 3.13. The smallest absolute Gasteiger partial charge is 0.340 e. The first-order valence-corrected chi connectivity index (χ1v) is 6.42. The van der Waals surface area contributed by atoms with Crippen molar-refractivity contribution in [1.29, 1.82) is 0 Å². The van der Waals surface area contributed by atoms with Crippen LogP contribution in [0.5, 0.6) is 0 Å². The van der Waals surface area contributed by atoms with Crippen LogP contribution in [0, 0.1) is 3.57 Å². The molecule has 0 saturated heterocycles. The van der Waals surface area contributed by atoms with Gasteiger partial charge in [-0.2, -0.15) is 18.2 Å². The number of halogens is 4. The Balaban J connectivity index is 2.33. The number of rotatable bonds is 3. The predicted molar refractivity (Wildman–Crippen MR) is 77.3 cm³/mol. The van der Waals surface area contributed by atoms with Crippen molar-refractivity contribution in [3.8, 4) is 0 Å². The summed E-state index contributed by atoms with van der Waals surface area (Å²) in [5.41, 5.74) is 1.55. The molecule has 2 rings (SSSR count). The fraction of sp³-hybridized carbons (Fsp3) is 0.0909. The van der Waals surface area contributed by atoms with Gasteiger partial charge in [0.2, 0.25) is 5.95 Å². The molecule has 0 saturated carbocycles. The minimum atomic E-state index is -4.57. The van der Waals surface area contributed by atoms with Gasteiger partial charge in [-0.15, -0.1) is 0 Å². The second-order valence-corrected chi connectivity index (χ2v) is 4.98. The van der Waals surface area contributed by atoms with Crippen LogP contribution in [0.15, 0.2) is 30.3 Å². The first kappa shape index (κ1) is 14.8. The van der Waals surface area contributed by atoms with Crippen LogP contribution in [0.2, 0.25) is 0 Å². The van der Waals surface area contributed by atoms with Crippen molar-refractivity contribution in [2.75, 3.05) is 10.7 Å². The van der Waals surface area contributed by atoms with Crippen molar-refractivity contribution in [3.63, 3.8) is 0 Å². The number of nitrogens with one attached hydrogen (secondary N) is 2. The van der Waals surface area contributed by atoms with E-state index in [4.69, 9.17) is 5.84 Å². The lowest BCUT2D eigenvalue weighted by atomic mass is 10.3. The van der Waals surface area contributed by atoms with E-state index < -0.39 is 11.9 Å². The number of benzene rings is 1. The maximum absolute atomic E-state index is 12.7. The Hall–Kier alpha value is -1.62. The largest absolute Gasteiger partial charge is 0.433 e. The van der Waals surface area contributed by atoms with Gasteiger partial charge in [0.1, 0.15) is 5.82 Å². The third-order valence-electron chi connectivity index (χ3n) is 2.26. The van der Waals surface area contributed by atoms with Gasteiger partial charge in [0, 0.05) is 15.3 Å². The molecule has 0 aliphatic rings. The van der Waals surface area contributed by atoms with E-state index in [1.807, 2.05) is 17.6 Å². The monoisotopic (exact) mass is 395 g/mol. The molecule has 0 spiro atoms. The van der Waals surface area contributed by atoms with E-state index in [0.29, 0.717) is 5.69 Å². The number of aromatic nitrogens is 2. The van der Waals surface area contributed by atoms with E-state index >= 15 is 0 Å². The zero-order valence-corrected chi connectivity index (χ0v) is 12.0. The summed E-state index contributed by atoms with van der Waals surface area (Å²) in [6.07, 6.45) is -4.57. The van der Waals surface area contributed by atoms with Gasteiger partial charge in [0.05, 0.1) is 0 Å². The normalized spacial score (nSPS) is 11.2. The van der Waals surface area contributed by atoms with Crippen molar-refractivity contribution in [2.45, 2.75) is 6.18 Å². The van der Waals surface area contributed by atoms with Gasteiger partial charge in [-0.1, -0.05) is 0 Å². The topological polar surface area (TPSA) is 75.9 Å². The minimum absolute atomic E-state index is 0.00137. The molecule has 0 amide bonds. The average molecular weight is 395 g/mol. The highest BCUT2D eigenvalue weighted by Crippen LogP contribution is 2.30. The summed E-state index contributed by atoms with van der Waals surface area (Å²) in [5.74, 6) is 4.76. The van der Waals surface area contributed by atoms with Crippen LogP contribution in [-0.2, 0) is 6.18 Å². The molecule has 2 aromatic rings. The van der Waals surface area contributed by atoms with E-state index in [-0.39, 0.29) is 11.8 Å². The molecule has 0 unspecified atom stereocenters. The first-order valence-electron chi connectivity index (χ1n) is 5.34. The van der Waals surface area contributed by atoms with Crippen molar-refractivity contribution < 1.29 is 13.2 Å². The minimum Gasteiger partial charge on any atom is -0.340 e. The molecule has 0 fully saturated rings. The molecule has 106 valence electrons. The third-order valence-corrected chi connectivity index (χ3v) is 2.98. The Kier molecular flexibility index (Phi) is 4.28. The van der Waals surface area contributed by atoms with Crippen LogP contribution < -0.4 is 16.6 Å². The summed E-state index contributed by atoms with van der Waals surface area (Å²) in [4.78, 5) is 7.09. The Morgan fingerprint density at radius 3 is 2.30 bits per heavy atom. The molecule has 5 nitrogen and oxygen atoms in total. The molecule has 1 heterocycles. The van der Waals surface area contributed by atoms with Crippen LogP contribution in [0.3, 0.4) is 0 Å². The molecule has 0 aliphatic carbocycles. The summed E-state index contributed by atoms with van der Waals surface area (Å²) in [6.45, 7) is 0. The number of nitrogens with zero attached hydrogens (tertiary/aromatic N) is 2. The van der Waals surface area contributed by atoms with Crippen LogP contribution in [0.4, 0.5) is 30.6 Å². The fourth-order valence-electron chi connectivity index (χ4n) is 1.40. The molecule has 1 aromatic heterocycles. The molecule has 0 bridgehead atoms. The second-order valence-electron chi connectivity index (χ2n) is 3.74. The Bertz CT molecular complexity index is 600. The standard InChI is InChI=1S/C11H9F3IN5/c12-11(13,14)8-5-9(19-10(18-8)20-16)17-7-3-1-6(15)2-4-7/h1-5H,16H2,(H2,17,18,19,20). The summed E-state index contributed by atoms with van der Waals surface area (Å²) in [7, 11) is 0. The SMILES string of the molecule is NNc1nc(Nc2ccc(I)cc2)cc(C(F)(F)F)n1. The highest BCUT2D eigenvalue weighted by molar-refractivity contribution is 14.1. The highest BCUT2D eigenvalue weighted by atomic mass is 127. The summed E-state index contributed by atoms with van der Waals surface area (Å²) in [5, 5.41) is 2.77. The van der Waals surface area contributed by atoms with E-state index in [1.54, 1.807) is 12.1 Å².